The van der Waals surface area contributed by atoms with Crippen LogP contribution in [-0.2, 0) is 0 Å². The van der Waals surface area contributed by atoms with Crippen LogP contribution < -0.4 is 0 Å². The van der Waals surface area contributed by atoms with Gasteiger partial charge in [-0.2, -0.15) is 0 Å². The van der Waals surface area contributed by atoms with Crippen molar-refractivity contribution in [1.29, 1.82) is 0 Å². The third-order valence-corrected chi connectivity index (χ3v) is 4.57. The van der Waals surface area contributed by atoms with E-state index in [1.54, 1.807) is 0 Å². The number of fused-ring (bicyclic) bond motifs is 2. The molecule has 1 unspecified atom stereocenters. The number of hydrogen-bond donors (Lipinski definition) is 1. The Morgan fingerprint density at radius 1 is 1.08 bits per heavy atom. The first-order valence-electron chi connectivity index (χ1n) is 8.02. The highest BCUT2D eigenvalue weighted by molar-refractivity contribution is 6.30. The van der Waals surface area contributed by atoms with Crippen molar-refractivity contribution in [2.75, 3.05) is 0 Å². The fourth-order valence-corrected chi connectivity index (χ4v) is 3.26. The van der Waals surface area contributed by atoms with Crippen molar-refractivity contribution >= 4 is 28.0 Å². The van der Waals surface area contributed by atoms with E-state index < -0.39 is 6.10 Å². The van der Waals surface area contributed by atoms with Gasteiger partial charge in [0.05, 0.1) is 22.5 Å². The molecule has 2 heterocycles. The lowest BCUT2D eigenvalue weighted by Gasteiger charge is -2.11. The van der Waals surface area contributed by atoms with Gasteiger partial charge in [-0.05, 0) is 35.4 Å². The molecule has 0 radical (unpaired) electrons. The number of rotatable bonds is 3. The molecule has 0 spiro atoms. The molecule has 0 amide bonds. The lowest BCUT2D eigenvalue weighted by Crippen LogP contribution is -2.02. The Kier molecular flexibility index (Phi) is 3.75. The third-order valence-electron chi connectivity index (χ3n) is 4.34. The summed E-state index contributed by atoms with van der Waals surface area (Å²) in [6.07, 6.45) is 1.82. The Bertz CT molecular complexity index is 1040. The maximum Gasteiger partial charge on any atom is 0.137 e. The molecular weight excluding hydrogens is 320 g/mol. The molecule has 0 aliphatic carbocycles. The van der Waals surface area contributed by atoms with Crippen molar-refractivity contribution in [3.8, 4) is 11.3 Å². The number of halogens is 1. The molecule has 2 aromatic carbocycles. The zero-order valence-electron chi connectivity index (χ0n) is 13.3. The average Bonchev–Trinajstić information content (AvgIpc) is 2.99. The van der Waals surface area contributed by atoms with E-state index in [4.69, 9.17) is 16.6 Å². The molecule has 1 N–H and O–H groups in total. The van der Waals surface area contributed by atoms with Crippen molar-refractivity contribution in [2.45, 2.75) is 19.4 Å². The van der Waals surface area contributed by atoms with Crippen LogP contribution in [0.15, 0.2) is 60.8 Å². The van der Waals surface area contributed by atoms with E-state index in [9.17, 15) is 5.11 Å². The number of pyridine rings is 1. The van der Waals surface area contributed by atoms with Gasteiger partial charge in [0.25, 0.3) is 0 Å². The lowest BCUT2D eigenvalue weighted by atomic mass is 10.0. The van der Waals surface area contributed by atoms with E-state index in [-0.39, 0.29) is 0 Å². The molecule has 3 nitrogen and oxygen atoms in total. The molecule has 24 heavy (non-hydrogen) atoms. The molecular formula is C20H17ClN2O. The highest BCUT2D eigenvalue weighted by atomic mass is 35.5. The number of benzene rings is 2. The van der Waals surface area contributed by atoms with Crippen LogP contribution >= 0.6 is 11.6 Å². The van der Waals surface area contributed by atoms with Crippen LogP contribution in [0.5, 0.6) is 0 Å². The van der Waals surface area contributed by atoms with E-state index in [0.717, 1.165) is 28.0 Å². The van der Waals surface area contributed by atoms with Gasteiger partial charge >= 0.3 is 0 Å². The predicted octanol–water partition coefficient (Wildman–Crippen LogP) is 5.25. The molecule has 0 bridgehead atoms. The summed E-state index contributed by atoms with van der Waals surface area (Å²) in [6, 6.07) is 18.2. The first kappa shape index (κ1) is 15.2. The maximum absolute atomic E-state index is 10.6. The summed E-state index contributed by atoms with van der Waals surface area (Å²) in [6.45, 7) is 1.96. The second-order valence-corrected chi connectivity index (χ2v) is 6.34. The molecule has 4 heteroatoms. The molecule has 0 saturated heterocycles. The maximum atomic E-state index is 10.6. The van der Waals surface area contributed by atoms with Gasteiger partial charge < -0.3 is 5.11 Å². The van der Waals surface area contributed by atoms with Crippen LogP contribution in [0.3, 0.4) is 0 Å². The van der Waals surface area contributed by atoms with Crippen LogP contribution in [0.1, 0.15) is 25.1 Å². The topological polar surface area (TPSA) is 37.5 Å². The molecule has 4 rings (SSSR count). The minimum Gasteiger partial charge on any atom is -0.387 e. The number of aliphatic hydroxyl groups excluding tert-OH is 1. The molecule has 0 saturated carbocycles. The summed E-state index contributed by atoms with van der Waals surface area (Å²) >= 11 is 6.14. The van der Waals surface area contributed by atoms with E-state index in [0.29, 0.717) is 11.4 Å². The molecule has 4 aromatic rings. The summed E-state index contributed by atoms with van der Waals surface area (Å²) in [5, 5.41) is 13.5. The standard InChI is InChI=1S/C20H17ClN2O/c1-2-17(24)20-19(22-18-10-9-16(21)12-23(18)20)15-8-7-13-5-3-4-6-14(13)11-15/h3-12,17,24H,2H2,1H3. The molecule has 120 valence electrons. The Morgan fingerprint density at radius 3 is 2.67 bits per heavy atom. The van der Waals surface area contributed by atoms with Gasteiger partial charge in [-0.25, -0.2) is 4.98 Å². The van der Waals surface area contributed by atoms with Crippen LogP contribution in [0.2, 0.25) is 5.02 Å². The first-order valence-corrected chi connectivity index (χ1v) is 8.40. The lowest BCUT2D eigenvalue weighted by molar-refractivity contribution is 0.168. The van der Waals surface area contributed by atoms with Gasteiger partial charge in [-0.15, -0.1) is 0 Å². The largest absolute Gasteiger partial charge is 0.387 e. The monoisotopic (exact) mass is 336 g/mol. The molecule has 0 aliphatic rings. The number of aliphatic hydroxyl groups is 1. The van der Waals surface area contributed by atoms with Gasteiger partial charge in [-0.1, -0.05) is 54.9 Å². The number of aromatic nitrogens is 2. The molecule has 2 aromatic heterocycles. The first-order chi connectivity index (χ1) is 11.7. The molecule has 0 aliphatic heterocycles. The Morgan fingerprint density at radius 2 is 1.88 bits per heavy atom. The van der Waals surface area contributed by atoms with Crippen molar-refractivity contribution in [2.24, 2.45) is 0 Å². The predicted molar refractivity (Wildman–Crippen MR) is 98.4 cm³/mol. The van der Waals surface area contributed by atoms with Gasteiger partial charge in [-0.3, -0.25) is 4.40 Å². The Labute approximate surface area is 145 Å². The highest BCUT2D eigenvalue weighted by Gasteiger charge is 2.20. The second kappa shape index (κ2) is 5.93. The SMILES string of the molecule is CCC(O)c1c(-c2ccc3ccccc3c2)nc2ccc(Cl)cn12. The third kappa shape index (κ3) is 2.46. The van der Waals surface area contributed by atoms with E-state index >= 15 is 0 Å². The minimum absolute atomic E-state index is 0.597. The minimum atomic E-state index is -0.597. The van der Waals surface area contributed by atoms with Crippen molar-refractivity contribution in [3.63, 3.8) is 0 Å². The van der Waals surface area contributed by atoms with E-state index in [1.165, 1.54) is 5.39 Å². The van der Waals surface area contributed by atoms with Gasteiger partial charge in [0.1, 0.15) is 5.65 Å². The van der Waals surface area contributed by atoms with Crippen molar-refractivity contribution < 1.29 is 5.11 Å². The van der Waals surface area contributed by atoms with Crippen LogP contribution in [0.25, 0.3) is 27.7 Å². The van der Waals surface area contributed by atoms with E-state index in [2.05, 4.69) is 30.3 Å². The van der Waals surface area contributed by atoms with Crippen LogP contribution in [-0.4, -0.2) is 14.5 Å². The van der Waals surface area contributed by atoms with Crippen molar-refractivity contribution in [3.05, 3.63) is 71.5 Å². The summed E-state index contributed by atoms with van der Waals surface area (Å²) in [5.74, 6) is 0. The summed E-state index contributed by atoms with van der Waals surface area (Å²) in [7, 11) is 0. The zero-order chi connectivity index (χ0) is 16.7. The summed E-state index contributed by atoms with van der Waals surface area (Å²) < 4.78 is 1.89. The summed E-state index contributed by atoms with van der Waals surface area (Å²) in [5.41, 5.74) is 3.36. The van der Waals surface area contributed by atoms with Gasteiger partial charge in [0.15, 0.2) is 0 Å². The fourth-order valence-electron chi connectivity index (χ4n) is 3.10. The van der Waals surface area contributed by atoms with Crippen LogP contribution in [0.4, 0.5) is 0 Å². The molecule has 0 fully saturated rings. The van der Waals surface area contributed by atoms with Gasteiger partial charge in [0, 0.05) is 11.8 Å². The van der Waals surface area contributed by atoms with E-state index in [1.807, 2.05) is 41.8 Å². The zero-order valence-corrected chi connectivity index (χ0v) is 14.0. The van der Waals surface area contributed by atoms with Crippen LogP contribution in [0, 0.1) is 0 Å². The van der Waals surface area contributed by atoms with Gasteiger partial charge in [0.2, 0.25) is 0 Å². The normalized spacial score (nSPS) is 12.8. The highest BCUT2D eigenvalue weighted by Crippen LogP contribution is 2.32. The smallest absolute Gasteiger partial charge is 0.137 e. The average molecular weight is 337 g/mol. The second-order valence-electron chi connectivity index (χ2n) is 5.91. The number of hydrogen-bond acceptors (Lipinski definition) is 2. The fraction of sp³-hybridized carbons (Fsp3) is 0.150. The molecule has 1 atom stereocenters. The van der Waals surface area contributed by atoms with Crippen molar-refractivity contribution in [1.82, 2.24) is 9.38 Å². The summed E-state index contributed by atoms with van der Waals surface area (Å²) in [4.78, 5) is 4.74. The quantitative estimate of drug-likeness (QED) is 0.554. The Hall–Kier alpha value is -2.36. The number of nitrogens with zero attached hydrogens (tertiary/aromatic N) is 2. The number of imidazole rings is 1. The Balaban J connectivity index is 2.00.